The van der Waals surface area contributed by atoms with Crippen LogP contribution in [0.5, 0.6) is 0 Å². The molecule has 11 heteroatoms. The Bertz CT molecular complexity index is 1300. The molecule has 1 saturated heterocycles. The summed E-state index contributed by atoms with van der Waals surface area (Å²) in [5, 5.41) is 9.80. The summed E-state index contributed by atoms with van der Waals surface area (Å²) in [5.74, 6) is 0.206. The molecule has 176 valence electrons. The fourth-order valence-electron chi connectivity index (χ4n) is 4.70. The Kier molecular flexibility index (Phi) is 5.51. The second kappa shape index (κ2) is 8.39. The molecule has 0 unspecified atom stereocenters. The number of likely N-dealkylation sites (tertiary alicyclic amines) is 1. The maximum Gasteiger partial charge on any atom is 0.228 e. The average Bonchev–Trinajstić information content (AvgIpc) is 3.42. The van der Waals surface area contributed by atoms with Gasteiger partial charge in [-0.25, -0.2) is 15.0 Å². The Labute approximate surface area is 200 Å². The SMILES string of the molecule is CC1(C)Cc2cnc(N)nc2-c2n[nH]c(C(=O)Cc3nc(CC(=O)N4CCC(=O)CC4)cs3)c21. The minimum Gasteiger partial charge on any atom is -0.368 e. The molecule has 0 bridgehead atoms. The molecular formula is C23H25N7O3S. The number of piperidine rings is 1. The van der Waals surface area contributed by atoms with Crippen molar-refractivity contribution in [1.29, 1.82) is 0 Å². The highest BCUT2D eigenvalue weighted by molar-refractivity contribution is 7.09. The number of thiazole rings is 1. The van der Waals surface area contributed by atoms with Crippen LogP contribution in [0.4, 0.5) is 5.95 Å². The number of ketones is 2. The van der Waals surface area contributed by atoms with Gasteiger partial charge >= 0.3 is 0 Å². The summed E-state index contributed by atoms with van der Waals surface area (Å²) >= 11 is 1.36. The van der Waals surface area contributed by atoms with Crippen molar-refractivity contribution < 1.29 is 14.4 Å². The van der Waals surface area contributed by atoms with E-state index < -0.39 is 0 Å². The number of nitrogens with one attached hydrogen (secondary N) is 1. The number of H-pyrrole nitrogens is 1. The van der Waals surface area contributed by atoms with Gasteiger partial charge in [0.25, 0.3) is 0 Å². The molecule has 34 heavy (non-hydrogen) atoms. The summed E-state index contributed by atoms with van der Waals surface area (Å²) in [7, 11) is 0. The van der Waals surface area contributed by atoms with Crippen LogP contribution in [0.1, 0.15) is 59.0 Å². The van der Waals surface area contributed by atoms with E-state index in [0.29, 0.717) is 60.1 Å². The highest BCUT2D eigenvalue weighted by Crippen LogP contribution is 2.43. The summed E-state index contributed by atoms with van der Waals surface area (Å²) in [4.78, 5) is 51.9. The van der Waals surface area contributed by atoms with Crippen LogP contribution in [0.2, 0.25) is 0 Å². The molecule has 1 aliphatic heterocycles. The van der Waals surface area contributed by atoms with Crippen LogP contribution in [0.15, 0.2) is 11.6 Å². The first-order valence-corrected chi connectivity index (χ1v) is 12.1. The highest BCUT2D eigenvalue weighted by Gasteiger charge is 2.38. The number of hydrogen-bond donors (Lipinski definition) is 2. The number of fused-ring (bicyclic) bond motifs is 3. The van der Waals surface area contributed by atoms with Crippen LogP contribution < -0.4 is 5.73 Å². The molecule has 5 rings (SSSR count). The topological polar surface area (TPSA) is 148 Å². The van der Waals surface area contributed by atoms with Crippen LogP contribution in [-0.4, -0.2) is 60.6 Å². The van der Waals surface area contributed by atoms with Gasteiger partial charge in [0.2, 0.25) is 11.9 Å². The number of rotatable bonds is 5. The van der Waals surface area contributed by atoms with Gasteiger partial charge in [0, 0.05) is 43.1 Å². The molecule has 0 spiro atoms. The Morgan fingerprint density at radius 1 is 1.18 bits per heavy atom. The number of carbonyl (C=O) groups is 3. The Hall–Kier alpha value is -3.47. The van der Waals surface area contributed by atoms with E-state index in [-0.39, 0.29) is 41.7 Å². The molecule has 1 amide bonds. The van der Waals surface area contributed by atoms with Crippen molar-refractivity contribution in [1.82, 2.24) is 30.0 Å². The van der Waals surface area contributed by atoms with E-state index in [1.807, 2.05) is 5.38 Å². The molecule has 0 atom stereocenters. The fraction of sp³-hybridized carbons (Fsp3) is 0.435. The number of carbonyl (C=O) groups excluding carboxylic acids is 3. The second-order valence-corrected chi connectivity index (χ2v) is 10.4. The lowest BCUT2D eigenvalue weighted by Crippen LogP contribution is -2.39. The average molecular weight is 480 g/mol. The maximum absolute atomic E-state index is 13.3. The molecule has 0 saturated carbocycles. The zero-order valence-corrected chi connectivity index (χ0v) is 19.9. The van der Waals surface area contributed by atoms with E-state index in [0.717, 1.165) is 11.1 Å². The van der Waals surface area contributed by atoms with Gasteiger partial charge in [0.15, 0.2) is 5.78 Å². The normalized spacial score (nSPS) is 16.8. The molecular weight excluding hydrogens is 454 g/mol. The summed E-state index contributed by atoms with van der Waals surface area (Å²) in [6.45, 7) is 5.07. The molecule has 0 radical (unpaired) electrons. The largest absolute Gasteiger partial charge is 0.368 e. The van der Waals surface area contributed by atoms with Crippen LogP contribution in [-0.2, 0) is 34.3 Å². The van der Waals surface area contributed by atoms with E-state index in [1.54, 1.807) is 11.1 Å². The Morgan fingerprint density at radius 2 is 1.94 bits per heavy atom. The monoisotopic (exact) mass is 479 g/mol. The molecule has 0 aromatic carbocycles. The van der Waals surface area contributed by atoms with E-state index in [9.17, 15) is 14.4 Å². The molecule has 3 N–H and O–H groups in total. The van der Waals surface area contributed by atoms with E-state index in [4.69, 9.17) is 5.73 Å². The van der Waals surface area contributed by atoms with Crippen LogP contribution in [0.3, 0.4) is 0 Å². The van der Waals surface area contributed by atoms with E-state index in [2.05, 4.69) is 39.0 Å². The fourth-order valence-corrected chi connectivity index (χ4v) is 5.50. The van der Waals surface area contributed by atoms with Crippen molar-refractivity contribution in [3.8, 4) is 11.4 Å². The standard InChI is InChI=1S/C23H25N7O3S/c1-23(2)9-12-10-25-22(24)27-19(12)21-18(23)20(28-29-21)15(32)8-16-26-13(11-34-16)7-17(33)30-5-3-14(31)4-6-30/h10-11H,3-9H2,1-2H3,(H,28,29)(H2,24,25,27). The lowest BCUT2D eigenvalue weighted by molar-refractivity contribution is -0.133. The minimum absolute atomic E-state index is 0.0417. The Morgan fingerprint density at radius 3 is 2.71 bits per heavy atom. The molecule has 4 heterocycles. The van der Waals surface area contributed by atoms with Gasteiger partial charge in [-0.05, 0) is 17.4 Å². The quantitative estimate of drug-likeness (QED) is 0.527. The Balaban J connectivity index is 1.32. The minimum atomic E-state index is -0.337. The third kappa shape index (κ3) is 4.11. The molecule has 1 fully saturated rings. The molecule has 2 aliphatic rings. The van der Waals surface area contributed by atoms with Gasteiger partial charge in [-0.2, -0.15) is 5.10 Å². The van der Waals surface area contributed by atoms with Crippen molar-refractivity contribution in [3.63, 3.8) is 0 Å². The van der Waals surface area contributed by atoms with Gasteiger partial charge in [-0.15, -0.1) is 11.3 Å². The van der Waals surface area contributed by atoms with Crippen LogP contribution in [0, 0.1) is 0 Å². The van der Waals surface area contributed by atoms with Crippen LogP contribution in [0.25, 0.3) is 11.4 Å². The second-order valence-electron chi connectivity index (χ2n) is 9.41. The third-order valence-corrected chi connectivity index (χ3v) is 7.28. The van der Waals surface area contributed by atoms with Crippen molar-refractivity contribution in [2.75, 3.05) is 18.8 Å². The number of hydrogen-bond acceptors (Lipinski definition) is 9. The zero-order valence-electron chi connectivity index (χ0n) is 19.1. The summed E-state index contributed by atoms with van der Waals surface area (Å²) in [6, 6.07) is 0. The van der Waals surface area contributed by atoms with Gasteiger partial charge in [0.1, 0.15) is 22.2 Å². The van der Waals surface area contributed by atoms with Gasteiger partial charge in [-0.1, -0.05) is 13.8 Å². The van der Waals surface area contributed by atoms with Crippen LogP contribution >= 0.6 is 11.3 Å². The van der Waals surface area contributed by atoms with E-state index >= 15 is 0 Å². The number of amides is 1. The number of nitrogens with two attached hydrogens (primary N) is 1. The molecule has 10 nitrogen and oxygen atoms in total. The van der Waals surface area contributed by atoms with Crippen molar-refractivity contribution in [2.45, 2.75) is 51.4 Å². The maximum atomic E-state index is 13.3. The van der Waals surface area contributed by atoms with E-state index in [1.165, 1.54) is 11.3 Å². The lowest BCUT2D eigenvalue weighted by Gasteiger charge is -2.30. The summed E-state index contributed by atoms with van der Waals surface area (Å²) in [5.41, 5.74) is 9.62. The smallest absolute Gasteiger partial charge is 0.228 e. The molecule has 1 aliphatic carbocycles. The van der Waals surface area contributed by atoms with Crippen molar-refractivity contribution in [3.05, 3.63) is 39.1 Å². The number of aromatic nitrogens is 5. The molecule has 3 aromatic heterocycles. The predicted molar refractivity (Wildman–Crippen MR) is 125 cm³/mol. The summed E-state index contributed by atoms with van der Waals surface area (Å²) < 4.78 is 0. The number of Topliss-reactive ketones (excluding diaryl/α,β-unsaturated/α-hetero) is 2. The first kappa shape index (κ1) is 22.3. The van der Waals surface area contributed by atoms with Gasteiger partial charge in [0.05, 0.1) is 24.2 Å². The zero-order chi connectivity index (χ0) is 24.0. The van der Waals surface area contributed by atoms with Crippen molar-refractivity contribution >= 4 is 34.8 Å². The first-order valence-electron chi connectivity index (χ1n) is 11.2. The third-order valence-electron chi connectivity index (χ3n) is 6.38. The number of anilines is 1. The van der Waals surface area contributed by atoms with Crippen molar-refractivity contribution in [2.24, 2.45) is 0 Å². The lowest BCUT2D eigenvalue weighted by atomic mass is 9.73. The summed E-state index contributed by atoms with van der Waals surface area (Å²) in [6.07, 6.45) is 3.50. The predicted octanol–water partition coefficient (Wildman–Crippen LogP) is 1.90. The first-order chi connectivity index (χ1) is 16.2. The number of nitrogen functional groups attached to an aromatic ring is 1. The number of aromatic amines is 1. The van der Waals surface area contributed by atoms with Gasteiger partial charge < -0.3 is 10.6 Å². The van der Waals surface area contributed by atoms with Gasteiger partial charge in [-0.3, -0.25) is 19.5 Å². The molecule has 3 aromatic rings. The highest BCUT2D eigenvalue weighted by atomic mass is 32.1. The number of nitrogens with zero attached hydrogens (tertiary/aromatic N) is 5.